The van der Waals surface area contributed by atoms with Gasteiger partial charge in [-0.2, -0.15) is 0 Å². The topological polar surface area (TPSA) is 102 Å². The first kappa shape index (κ1) is 29.9. The van der Waals surface area contributed by atoms with Crippen molar-refractivity contribution in [3.8, 4) is 11.1 Å². The van der Waals surface area contributed by atoms with Crippen molar-refractivity contribution >= 4 is 39.9 Å². The zero-order chi connectivity index (χ0) is 30.5. The number of pyridine rings is 1. The minimum Gasteiger partial charge on any atom is -0.461 e. The first-order valence-electron chi connectivity index (χ1n) is 14.2. The Morgan fingerprint density at radius 1 is 0.953 bits per heavy atom. The molecule has 0 aliphatic carbocycles. The summed E-state index contributed by atoms with van der Waals surface area (Å²) in [7, 11) is 0. The van der Waals surface area contributed by atoms with Crippen molar-refractivity contribution in [3.63, 3.8) is 0 Å². The van der Waals surface area contributed by atoms with Crippen LogP contribution in [0.4, 0.5) is 5.69 Å². The van der Waals surface area contributed by atoms with Crippen LogP contribution >= 0.6 is 0 Å². The standard InChI is InChI=1S/C34H33N3O5S/c1-4-11-27-21-29-23(3)20-30(34(39)42-5-2)35-32(29)36(27)22-24-16-18-25(19-17-24)28-14-9-10-15-31(28)37(43(40)41)33(38)26-12-7-6-8-13-26/h6-10,12-21H,4-5,11,22H2,1-3H3,(H,40,41). The highest BCUT2D eigenvalue weighted by Gasteiger charge is 2.25. The van der Waals surface area contributed by atoms with Crippen molar-refractivity contribution in [1.82, 2.24) is 9.55 Å². The Bertz CT molecular complexity index is 1800. The zero-order valence-electron chi connectivity index (χ0n) is 24.3. The van der Waals surface area contributed by atoms with Crippen molar-refractivity contribution in [3.05, 3.63) is 119 Å². The Morgan fingerprint density at radius 3 is 2.33 bits per heavy atom. The van der Waals surface area contributed by atoms with E-state index in [4.69, 9.17) is 9.72 Å². The molecule has 1 amide bonds. The monoisotopic (exact) mass is 595 g/mol. The minimum absolute atomic E-state index is 0.279. The first-order chi connectivity index (χ1) is 20.8. The van der Waals surface area contributed by atoms with Gasteiger partial charge in [0.15, 0.2) is 5.69 Å². The highest BCUT2D eigenvalue weighted by molar-refractivity contribution is 7.81. The number of carbonyl (C=O) groups is 2. The number of carbonyl (C=O) groups excluding carboxylic acids is 2. The summed E-state index contributed by atoms with van der Waals surface area (Å²) in [5, 5.41) is 1.00. The van der Waals surface area contributed by atoms with Gasteiger partial charge in [-0.25, -0.2) is 18.3 Å². The second kappa shape index (κ2) is 13.1. The molecule has 2 aromatic heterocycles. The molecule has 3 aromatic carbocycles. The SMILES string of the molecule is CCCc1cc2c(C)cc(C(=O)OCC)nc2n1Cc1ccc(-c2ccccc2N(C(=O)c2ccccc2)S(=O)O)cc1. The number of aromatic nitrogens is 2. The van der Waals surface area contributed by atoms with Crippen LogP contribution in [-0.4, -0.2) is 36.8 Å². The lowest BCUT2D eigenvalue weighted by Crippen LogP contribution is -2.32. The Kier molecular flexibility index (Phi) is 9.13. The summed E-state index contributed by atoms with van der Waals surface area (Å²) in [6.45, 7) is 6.70. The van der Waals surface area contributed by atoms with Crippen LogP contribution in [0.3, 0.4) is 0 Å². The average Bonchev–Trinajstić information content (AvgIpc) is 3.35. The molecule has 0 bridgehead atoms. The van der Waals surface area contributed by atoms with Crippen molar-refractivity contribution in [2.75, 3.05) is 10.9 Å². The van der Waals surface area contributed by atoms with E-state index in [1.807, 2.05) is 43.3 Å². The predicted molar refractivity (Wildman–Crippen MR) is 169 cm³/mol. The number of hydrogen-bond acceptors (Lipinski definition) is 5. The van der Waals surface area contributed by atoms with Crippen molar-refractivity contribution in [2.45, 2.75) is 40.2 Å². The molecule has 0 fully saturated rings. The van der Waals surface area contributed by atoms with E-state index in [1.165, 1.54) is 0 Å². The van der Waals surface area contributed by atoms with Gasteiger partial charge >= 0.3 is 5.97 Å². The quantitative estimate of drug-likeness (QED) is 0.138. The lowest BCUT2D eigenvalue weighted by Gasteiger charge is -2.21. The molecule has 0 aliphatic rings. The molecule has 220 valence electrons. The van der Waals surface area contributed by atoms with Gasteiger partial charge in [0.1, 0.15) is 5.65 Å². The summed E-state index contributed by atoms with van der Waals surface area (Å²) in [4.78, 5) is 30.5. The molecule has 1 N–H and O–H groups in total. The Balaban J connectivity index is 1.50. The maximum atomic E-state index is 13.3. The second-order valence-corrected chi connectivity index (χ2v) is 11.0. The summed E-state index contributed by atoms with van der Waals surface area (Å²) in [5.41, 5.74) is 6.22. The molecule has 0 saturated heterocycles. The molecule has 0 saturated carbocycles. The third-order valence-electron chi connectivity index (χ3n) is 7.24. The third-order valence-corrected chi connectivity index (χ3v) is 7.91. The highest BCUT2D eigenvalue weighted by atomic mass is 32.2. The third kappa shape index (κ3) is 6.28. The van der Waals surface area contributed by atoms with E-state index in [1.54, 1.807) is 55.5 Å². The van der Waals surface area contributed by atoms with Crippen LogP contribution in [0, 0.1) is 6.92 Å². The second-order valence-electron chi connectivity index (χ2n) is 10.2. The van der Waals surface area contributed by atoms with E-state index in [0.717, 1.165) is 50.6 Å². The maximum Gasteiger partial charge on any atom is 0.357 e. The number of anilines is 1. The Morgan fingerprint density at radius 2 is 1.65 bits per heavy atom. The number of hydrogen-bond donors (Lipinski definition) is 1. The molecule has 0 radical (unpaired) electrons. The molecule has 0 aliphatic heterocycles. The van der Waals surface area contributed by atoms with Gasteiger partial charge in [-0.05, 0) is 67.3 Å². The number of nitrogens with zero attached hydrogens (tertiary/aromatic N) is 3. The van der Waals surface area contributed by atoms with Crippen LogP contribution in [0.25, 0.3) is 22.2 Å². The van der Waals surface area contributed by atoms with Gasteiger partial charge < -0.3 is 9.30 Å². The molecule has 43 heavy (non-hydrogen) atoms. The van der Waals surface area contributed by atoms with Crippen LogP contribution in [0.1, 0.15) is 57.9 Å². The number of amides is 1. The van der Waals surface area contributed by atoms with Crippen LogP contribution in [-0.2, 0) is 29.0 Å². The summed E-state index contributed by atoms with van der Waals surface area (Å²) in [6, 6.07) is 27.3. The van der Waals surface area contributed by atoms with Crippen molar-refractivity contribution in [1.29, 1.82) is 0 Å². The lowest BCUT2D eigenvalue weighted by atomic mass is 10.0. The number of rotatable bonds is 10. The van der Waals surface area contributed by atoms with Gasteiger partial charge in [0.05, 0.1) is 12.3 Å². The molecule has 0 spiro atoms. The molecular formula is C34H33N3O5S. The van der Waals surface area contributed by atoms with Gasteiger partial charge in [0, 0.05) is 28.8 Å². The van der Waals surface area contributed by atoms with Crippen LogP contribution in [0.15, 0.2) is 91.0 Å². The number of fused-ring (bicyclic) bond motifs is 1. The number of aryl methyl sites for hydroxylation is 2. The van der Waals surface area contributed by atoms with Gasteiger partial charge in [-0.1, -0.05) is 74.0 Å². The normalized spacial score (nSPS) is 11.8. The smallest absolute Gasteiger partial charge is 0.357 e. The van der Waals surface area contributed by atoms with Crippen molar-refractivity contribution < 1.29 is 23.1 Å². The molecule has 1 atom stereocenters. The van der Waals surface area contributed by atoms with Gasteiger partial charge in [-0.15, -0.1) is 0 Å². The fourth-order valence-corrected chi connectivity index (χ4v) is 5.78. The largest absolute Gasteiger partial charge is 0.461 e. The molecule has 1 unspecified atom stereocenters. The van der Waals surface area contributed by atoms with E-state index in [2.05, 4.69) is 17.6 Å². The van der Waals surface area contributed by atoms with Crippen molar-refractivity contribution in [2.24, 2.45) is 0 Å². The van der Waals surface area contributed by atoms with E-state index < -0.39 is 23.1 Å². The summed E-state index contributed by atoms with van der Waals surface area (Å²) in [6.07, 6.45) is 1.82. The summed E-state index contributed by atoms with van der Waals surface area (Å²) >= 11 is -2.58. The Hall–Kier alpha value is -4.60. The van der Waals surface area contributed by atoms with Crippen LogP contribution < -0.4 is 4.31 Å². The average molecular weight is 596 g/mol. The zero-order valence-corrected chi connectivity index (χ0v) is 25.1. The molecule has 8 nitrogen and oxygen atoms in total. The molecular weight excluding hydrogens is 562 g/mol. The van der Waals surface area contributed by atoms with Gasteiger partial charge in [0.2, 0.25) is 0 Å². The molecule has 9 heteroatoms. The predicted octanol–water partition coefficient (Wildman–Crippen LogP) is 6.97. The molecule has 2 heterocycles. The number of para-hydroxylation sites is 1. The number of ether oxygens (including phenoxy) is 1. The number of esters is 1. The molecule has 5 rings (SSSR count). The van der Waals surface area contributed by atoms with E-state index >= 15 is 0 Å². The van der Waals surface area contributed by atoms with E-state index in [0.29, 0.717) is 23.4 Å². The fraction of sp³-hybridized carbons (Fsp3) is 0.206. The fourth-order valence-electron chi connectivity index (χ4n) is 5.21. The Labute approximate surface area is 253 Å². The first-order valence-corrected chi connectivity index (χ1v) is 15.2. The summed E-state index contributed by atoms with van der Waals surface area (Å²) < 4.78 is 30.8. The maximum absolute atomic E-state index is 13.3. The highest BCUT2D eigenvalue weighted by Crippen LogP contribution is 2.33. The lowest BCUT2D eigenvalue weighted by molar-refractivity contribution is 0.0519. The van der Waals surface area contributed by atoms with Crippen LogP contribution in [0.5, 0.6) is 0 Å². The number of benzene rings is 3. The summed E-state index contributed by atoms with van der Waals surface area (Å²) in [5.74, 6) is -1.01. The van der Waals surface area contributed by atoms with Crippen LogP contribution in [0.2, 0.25) is 0 Å². The van der Waals surface area contributed by atoms with E-state index in [-0.39, 0.29) is 12.3 Å². The van der Waals surface area contributed by atoms with Gasteiger partial charge in [0.25, 0.3) is 17.2 Å². The van der Waals surface area contributed by atoms with E-state index in [9.17, 15) is 18.4 Å². The minimum atomic E-state index is -2.58. The van der Waals surface area contributed by atoms with Gasteiger partial charge in [-0.3, -0.25) is 9.35 Å². The molecule has 5 aromatic rings.